The zero-order chi connectivity index (χ0) is 12.4. The van der Waals surface area contributed by atoms with E-state index in [0.29, 0.717) is 21.8 Å². The molecule has 3 N–H and O–H groups in total. The van der Waals surface area contributed by atoms with Crippen LogP contribution in [0.4, 0.5) is 11.4 Å². The molecule has 94 valence electrons. The summed E-state index contributed by atoms with van der Waals surface area (Å²) in [4.78, 5) is 2.35. The minimum absolute atomic E-state index is 0.555. The Morgan fingerprint density at radius 1 is 1.41 bits per heavy atom. The Morgan fingerprint density at radius 3 is 2.59 bits per heavy atom. The van der Waals surface area contributed by atoms with Crippen LogP contribution in [0.25, 0.3) is 0 Å². The van der Waals surface area contributed by atoms with Gasteiger partial charge in [0, 0.05) is 18.3 Å². The van der Waals surface area contributed by atoms with E-state index in [1.165, 1.54) is 12.8 Å². The molecule has 5 heteroatoms. The van der Waals surface area contributed by atoms with E-state index in [1.54, 1.807) is 12.1 Å². The van der Waals surface area contributed by atoms with Crippen LogP contribution in [0.1, 0.15) is 12.8 Å². The van der Waals surface area contributed by atoms with Gasteiger partial charge in [0.2, 0.25) is 0 Å². The Kier molecular flexibility index (Phi) is 4.02. The first-order valence-corrected chi connectivity index (χ1v) is 6.52. The molecule has 0 aromatic heterocycles. The molecule has 1 aromatic carbocycles. The van der Waals surface area contributed by atoms with E-state index < -0.39 is 0 Å². The number of hydrogen-bond donors (Lipinski definition) is 2. The van der Waals surface area contributed by atoms with E-state index in [1.807, 2.05) is 0 Å². The molecule has 0 spiro atoms. The molecule has 1 fully saturated rings. The fourth-order valence-electron chi connectivity index (χ4n) is 2.22. The minimum atomic E-state index is 0.555. The minimum Gasteiger partial charge on any atom is -0.399 e. The molecule has 1 saturated heterocycles. The van der Waals surface area contributed by atoms with E-state index >= 15 is 0 Å². The number of likely N-dealkylation sites (tertiary alicyclic amines) is 1. The van der Waals surface area contributed by atoms with E-state index in [4.69, 9.17) is 28.9 Å². The molecule has 1 aliphatic rings. The van der Waals surface area contributed by atoms with Crippen molar-refractivity contribution in [3.8, 4) is 0 Å². The Labute approximate surface area is 112 Å². The first kappa shape index (κ1) is 12.8. The van der Waals surface area contributed by atoms with Crippen molar-refractivity contribution in [1.29, 1.82) is 0 Å². The highest BCUT2D eigenvalue weighted by atomic mass is 35.5. The van der Waals surface area contributed by atoms with Crippen LogP contribution in [0, 0.1) is 0 Å². The lowest BCUT2D eigenvalue weighted by atomic mass is 10.2. The van der Waals surface area contributed by atoms with Gasteiger partial charge >= 0.3 is 0 Å². The van der Waals surface area contributed by atoms with Gasteiger partial charge in [-0.2, -0.15) is 0 Å². The lowest BCUT2D eigenvalue weighted by Crippen LogP contribution is -2.31. The summed E-state index contributed by atoms with van der Waals surface area (Å²) in [5.74, 6) is 0. The molecule has 0 aliphatic carbocycles. The van der Waals surface area contributed by atoms with Crippen LogP contribution in [0.2, 0.25) is 10.0 Å². The van der Waals surface area contributed by atoms with Crippen LogP contribution in [0.5, 0.6) is 0 Å². The molecular formula is C12H17Cl2N3. The smallest absolute Gasteiger partial charge is 0.0721 e. The van der Waals surface area contributed by atoms with Gasteiger partial charge < -0.3 is 16.0 Å². The summed E-state index contributed by atoms with van der Waals surface area (Å²) < 4.78 is 0. The third kappa shape index (κ3) is 2.97. The van der Waals surface area contributed by atoms with Crippen molar-refractivity contribution < 1.29 is 0 Å². The molecule has 1 unspecified atom stereocenters. The summed E-state index contributed by atoms with van der Waals surface area (Å²) in [7, 11) is 2.14. The van der Waals surface area contributed by atoms with Crippen molar-refractivity contribution in [2.24, 2.45) is 0 Å². The van der Waals surface area contributed by atoms with Crippen LogP contribution in [-0.2, 0) is 0 Å². The Morgan fingerprint density at radius 2 is 2.06 bits per heavy atom. The van der Waals surface area contributed by atoms with Gasteiger partial charge in [-0.15, -0.1) is 0 Å². The number of nitrogen functional groups attached to an aromatic ring is 1. The highest BCUT2D eigenvalue weighted by Crippen LogP contribution is 2.33. The van der Waals surface area contributed by atoms with Gasteiger partial charge in [-0.25, -0.2) is 0 Å². The maximum atomic E-state index is 6.12. The Bertz CT molecular complexity index is 386. The zero-order valence-electron chi connectivity index (χ0n) is 9.84. The third-order valence-electron chi connectivity index (χ3n) is 3.25. The van der Waals surface area contributed by atoms with Gasteiger partial charge in [0.1, 0.15) is 0 Å². The monoisotopic (exact) mass is 273 g/mol. The largest absolute Gasteiger partial charge is 0.399 e. The lowest BCUT2D eigenvalue weighted by Gasteiger charge is -2.21. The summed E-state index contributed by atoms with van der Waals surface area (Å²) in [6.07, 6.45) is 2.47. The van der Waals surface area contributed by atoms with E-state index in [2.05, 4.69) is 17.3 Å². The van der Waals surface area contributed by atoms with Gasteiger partial charge in [0.15, 0.2) is 0 Å². The maximum Gasteiger partial charge on any atom is 0.0721 e. The second-order valence-electron chi connectivity index (χ2n) is 4.52. The van der Waals surface area contributed by atoms with Crippen LogP contribution in [0.3, 0.4) is 0 Å². The quantitative estimate of drug-likeness (QED) is 0.832. The highest BCUT2D eigenvalue weighted by molar-refractivity contribution is 6.39. The van der Waals surface area contributed by atoms with E-state index in [9.17, 15) is 0 Å². The van der Waals surface area contributed by atoms with Gasteiger partial charge in [0.05, 0.1) is 15.7 Å². The van der Waals surface area contributed by atoms with Crippen molar-refractivity contribution in [1.82, 2.24) is 4.90 Å². The van der Waals surface area contributed by atoms with Crippen LogP contribution < -0.4 is 11.1 Å². The van der Waals surface area contributed by atoms with Crippen LogP contribution in [0.15, 0.2) is 12.1 Å². The fraction of sp³-hybridized carbons (Fsp3) is 0.500. The second kappa shape index (κ2) is 5.34. The number of anilines is 2. The number of nitrogens with two attached hydrogens (primary N) is 1. The summed E-state index contributed by atoms with van der Waals surface area (Å²) in [6, 6.07) is 3.99. The summed E-state index contributed by atoms with van der Waals surface area (Å²) >= 11 is 12.2. The number of likely N-dealkylation sites (N-methyl/N-ethyl adjacent to an activating group) is 1. The topological polar surface area (TPSA) is 41.3 Å². The first-order chi connectivity index (χ1) is 8.08. The van der Waals surface area contributed by atoms with Gasteiger partial charge in [-0.05, 0) is 38.6 Å². The average Bonchev–Trinajstić information content (AvgIpc) is 2.62. The van der Waals surface area contributed by atoms with Crippen LogP contribution in [-0.4, -0.2) is 31.1 Å². The number of rotatable bonds is 3. The Hall–Kier alpha value is -0.640. The summed E-state index contributed by atoms with van der Waals surface area (Å²) in [6.45, 7) is 2.02. The number of benzene rings is 1. The van der Waals surface area contributed by atoms with Gasteiger partial charge in [0.25, 0.3) is 0 Å². The number of nitrogens with one attached hydrogen (secondary N) is 1. The molecule has 1 aliphatic heterocycles. The molecule has 17 heavy (non-hydrogen) atoms. The lowest BCUT2D eigenvalue weighted by molar-refractivity contribution is 0.322. The second-order valence-corrected chi connectivity index (χ2v) is 5.33. The predicted molar refractivity (Wildman–Crippen MR) is 75.0 cm³/mol. The SMILES string of the molecule is CN1CCCC1CNc1c(Cl)cc(N)cc1Cl. The third-order valence-corrected chi connectivity index (χ3v) is 3.85. The van der Waals surface area contributed by atoms with Crippen molar-refractivity contribution in [2.45, 2.75) is 18.9 Å². The molecule has 3 nitrogen and oxygen atoms in total. The van der Waals surface area contributed by atoms with Gasteiger partial charge in [-0.3, -0.25) is 0 Å². The molecule has 0 bridgehead atoms. The van der Waals surface area contributed by atoms with Crippen molar-refractivity contribution >= 4 is 34.6 Å². The number of nitrogens with zero attached hydrogens (tertiary/aromatic N) is 1. The molecule has 1 heterocycles. The standard InChI is InChI=1S/C12H17Cl2N3/c1-17-4-2-3-9(17)7-16-12-10(13)5-8(15)6-11(12)14/h5-6,9,16H,2-4,7,15H2,1H3. The number of halogens is 2. The fourth-order valence-corrected chi connectivity index (χ4v) is 2.86. The summed E-state index contributed by atoms with van der Waals surface area (Å²) in [5.41, 5.74) is 7.03. The van der Waals surface area contributed by atoms with E-state index in [-0.39, 0.29) is 0 Å². The Balaban J connectivity index is 2.04. The first-order valence-electron chi connectivity index (χ1n) is 5.76. The van der Waals surface area contributed by atoms with Crippen molar-refractivity contribution in [3.05, 3.63) is 22.2 Å². The summed E-state index contributed by atoms with van der Waals surface area (Å²) in [5, 5.41) is 4.48. The van der Waals surface area contributed by atoms with Crippen molar-refractivity contribution in [2.75, 3.05) is 31.2 Å². The average molecular weight is 274 g/mol. The van der Waals surface area contributed by atoms with Gasteiger partial charge in [-0.1, -0.05) is 23.2 Å². The van der Waals surface area contributed by atoms with E-state index in [0.717, 1.165) is 18.8 Å². The molecule has 2 rings (SSSR count). The molecule has 0 radical (unpaired) electrons. The molecule has 1 atom stereocenters. The number of hydrogen-bond acceptors (Lipinski definition) is 3. The van der Waals surface area contributed by atoms with Crippen molar-refractivity contribution in [3.63, 3.8) is 0 Å². The zero-order valence-corrected chi connectivity index (χ0v) is 11.4. The highest BCUT2D eigenvalue weighted by Gasteiger charge is 2.21. The molecular weight excluding hydrogens is 257 g/mol. The maximum absolute atomic E-state index is 6.12. The molecule has 1 aromatic rings. The van der Waals surface area contributed by atoms with Crippen LogP contribution >= 0.6 is 23.2 Å². The molecule has 0 amide bonds. The predicted octanol–water partition coefficient (Wildman–Crippen LogP) is 3.08. The molecule has 0 saturated carbocycles. The normalized spacial score (nSPS) is 20.8.